The summed E-state index contributed by atoms with van der Waals surface area (Å²) in [5.74, 6) is -1.88. The number of carbonyl (C=O) groups excluding carboxylic acids is 1. The molecule has 21 heavy (non-hydrogen) atoms. The maximum Gasteiger partial charge on any atom is 0.328 e. The third kappa shape index (κ3) is 4.69. The van der Waals surface area contributed by atoms with E-state index in [2.05, 4.69) is 4.72 Å². The van der Waals surface area contributed by atoms with Crippen molar-refractivity contribution in [2.24, 2.45) is 5.73 Å². The van der Waals surface area contributed by atoms with Crippen molar-refractivity contribution < 1.29 is 23.1 Å². The molecule has 4 N–H and O–H groups in total. The summed E-state index contributed by atoms with van der Waals surface area (Å²) in [6.45, 7) is 2.99. The van der Waals surface area contributed by atoms with Crippen LogP contribution in [0.25, 0.3) is 6.08 Å². The van der Waals surface area contributed by atoms with E-state index in [1.165, 1.54) is 31.2 Å². The van der Waals surface area contributed by atoms with Gasteiger partial charge in [0, 0.05) is 6.08 Å². The first-order valence-corrected chi connectivity index (χ1v) is 7.45. The molecule has 7 nitrogen and oxygen atoms in total. The van der Waals surface area contributed by atoms with Crippen LogP contribution in [0.4, 0.5) is 0 Å². The lowest BCUT2D eigenvalue weighted by atomic mass is 10.1. The van der Waals surface area contributed by atoms with Gasteiger partial charge in [0.05, 0.1) is 10.9 Å². The Balaban J connectivity index is 3.08. The Kier molecular flexibility index (Phi) is 5.23. The summed E-state index contributed by atoms with van der Waals surface area (Å²) in [4.78, 5) is 21.3. The van der Waals surface area contributed by atoms with Gasteiger partial charge >= 0.3 is 5.97 Å². The Hall–Kier alpha value is -2.19. The molecule has 0 saturated heterocycles. The van der Waals surface area contributed by atoms with Gasteiger partial charge in [-0.3, -0.25) is 4.79 Å². The largest absolute Gasteiger partial charge is 0.478 e. The lowest BCUT2D eigenvalue weighted by molar-refractivity contribution is -0.131. The summed E-state index contributed by atoms with van der Waals surface area (Å²) < 4.78 is 26.2. The Morgan fingerprint density at radius 3 is 2.48 bits per heavy atom. The molecule has 1 aromatic rings. The van der Waals surface area contributed by atoms with E-state index in [0.29, 0.717) is 11.1 Å². The number of carboxylic acid groups (broad SMARTS) is 1. The van der Waals surface area contributed by atoms with Crippen LogP contribution in [0, 0.1) is 6.92 Å². The molecule has 1 atom stereocenters. The van der Waals surface area contributed by atoms with Gasteiger partial charge in [-0.2, -0.15) is 4.72 Å². The first-order chi connectivity index (χ1) is 9.63. The highest BCUT2D eigenvalue weighted by Crippen LogP contribution is 2.17. The summed E-state index contributed by atoms with van der Waals surface area (Å²) in [6.07, 6.45) is 2.33. The number of carbonyl (C=O) groups is 2. The molecule has 0 bridgehead atoms. The van der Waals surface area contributed by atoms with E-state index in [1.807, 2.05) is 0 Å². The molecule has 114 valence electrons. The predicted molar refractivity (Wildman–Crippen MR) is 76.8 cm³/mol. The van der Waals surface area contributed by atoms with Crippen LogP contribution in [-0.2, 0) is 19.6 Å². The van der Waals surface area contributed by atoms with E-state index < -0.39 is 27.9 Å². The van der Waals surface area contributed by atoms with Crippen molar-refractivity contribution in [2.75, 3.05) is 0 Å². The van der Waals surface area contributed by atoms with Crippen LogP contribution in [0.3, 0.4) is 0 Å². The van der Waals surface area contributed by atoms with E-state index in [9.17, 15) is 18.0 Å². The van der Waals surface area contributed by atoms with Gasteiger partial charge in [0.1, 0.15) is 0 Å². The quantitative estimate of drug-likeness (QED) is 0.649. The third-order valence-corrected chi connectivity index (χ3v) is 4.25. The van der Waals surface area contributed by atoms with Crippen molar-refractivity contribution in [3.05, 3.63) is 35.4 Å². The highest BCUT2D eigenvalue weighted by atomic mass is 32.2. The van der Waals surface area contributed by atoms with Crippen molar-refractivity contribution in [3.8, 4) is 0 Å². The van der Waals surface area contributed by atoms with E-state index in [1.54, 1.807) is 6.92 Å². The normalized spacial score (nSPS) is 13.2. The molecule has 0 aliphatic heterocycles. The number of hydrogen-bond donors (Lipinski definition) is 3. The second-order valence-electron chi connectivity index (χ2n) is 4.44. The van der Waals surface area contributed by atoms with Crippen LogP contribution in [0.1, 0.15) is 18.1 Å². The Morgan fingerprint density at radius 1 is 1.38 bits per heavy atom. The molecule has 0 aliphatic rings. The number of sulfonamides is 1. The number of nitrogens with one attached hydrogen (secondary N) is 1. The van der Waals surface area contributed by atoms with E-state index in [4.69, 9.17) is 10.8 Å². The van der Waals surface area contributed by atoms with Gasteiger partial charge in [-0.25, -0.2) is 13.2 Å². The van der Waals surface area contributed by atoms with Gasteiger partial charge in [-0.1, -0.05) is 6.07 Å². The molecule has 0 saturated carbocycles. The Labute approximate surface area is 122 Å². The molecule has 1 unspecified atom stereocenters. The second-order valence-corrected chi connectivity index (χ2v) is 6.15. The summed E-state index contributed by atoms with van der Waals surface area (Å²) >= 11 is 0. The fraction of sp³-hybridized carbons (Fsp3) is 0.231. The topological polar surface area (TPSA) is 127 Å². The van der Waals surface area contributed by atoms with Gasteiger partial charge in [-0.15, -0.1) is 0 Å². The number of aryl methyl sites for hydroxylation is 1. The van der Waals surface area contributed by atoms with Crippen molar-refractivity contribution in [1.82, 2.24) is 4.72 Å². The molecule has 1 amide bonds. The zero-order valence-electron chi connectivity index (χ0n) is 11.5. The van der Waals surface area contributed by atoms with Crippen LogP contribution < -0.4 is 10.5 Å². The minimum absolute atomic E-state index is 0.0272. The average molecular weight is 312 g/mol. The van der Waals surface area contributed by atoms with Crippen LogP contribution in [-0.4, -0.2) is 31.4 Å². The van der Waals surface area contributed by atoms with Crippen molar-refractivity contribution in [1.29, 1.82) is 0 Å². The highest BCUT2D eigenvalue weighted by molar-refractivity contribution is 7.89. The van der Waals surface area contributed by atoms with Crippen molar-refractivity contribution >= 4 is 28.0 Å². The van der Waals surface area contributed by atoms with Crippen LogP contribution >= 0.6 is 0 Å². The van der Waals surface area contributed by atoms with Crippen LogP contribution in [0.5, 0.6) is 0 Å². The average Bonchev–Trinajstić information content (AvgIpc) is 2.36. The van der Waals surface area contributed by atoms with E-state index in [-0.39, 0.29) is 4.90 Å². The van der Waals surface area contributed by atoms with Gasteiger partial charge < -0.3 is 10.8 Å². The zero-order valence-corrected chi connectivity index (χ0v) is 12.3. The molecule has 0 spiro atoms. The molecular formula is C13H16N2O5S. The van der Waals surface area contributed by atoms with Gasteiger partial charge in [0.2, 0.25) is 15.9 Å². The minimum Gasteiger partial charge on any atom is -0.478 e. The predicted octanol–water partition coefficient (Wildman–Crippen LogP) is 0.245. The first-order valence-electron chi connectivity index (χ1n) is 5.97. The fourth-order valence-electron chi connectivity index (χ4n) is 1.52. The molecule has 8 heteroatoms. The highest BCUT2D eigenvalue weighted by Gasteiger charge is 2.20. The summed E-state index contributed by atoms with van der Waals surface area (Å²) in [7, 11) is -3.87. The minimum atomic E-state index is -3.87. The maximum absolute atomic E-state index is 12.0. The number of aliphatic carboxylic acids is 1. The first kappa shape index (κ1) is 16.9. The number of rotatable bonds is 6. The van der Waals surface area contributed by atoms with Crippen LogP contribution in [0.2, 0.25) is 0 Å². The number of hydrogen-bond acceptors (Lipinski definition) is 4. The summed E-state index contributed by atoms with van der Waals surface area (Å²) in [5, 5.41) is 8.56. The molecule has 0 fully saturated rings. The summed E-state index contributed by atoms with van der Waals surface area (Å²) in [6, 6.07) is 3.17. The number of benzene rings is 1. The summed E-state index contributed by atoms with van der Waals surface area (Å²) in [5.41, 5.74) is 6.18. The number of nitrogens with two attached hydrogens (primary N) is 1. The zero-order chi connectivity index (χ0) is 16.2. The fourth-order valence-corrected chi connectivity index (χ4v) is 2.82. The molecular weight excluding hydrogens is 296 g/mol. The Morgan fingerprint density at radius 2 is 2.00 bits per heavy atom. The van der Waals surface area contributed by atoms with Gasteiger partial charge in [0.15, 0.2) is 0 Å². The second kappa shape index (κ2) is 6.51. The van der Waals surface area contributed by atoms with E-state index in [0.717, 1.165) is 6.08 Å². The lowest BCUT2D eigenvalue weighted by Crippen LogP contribution is -2.42. The monoisotopic (exact) mass is 312 g/mol. The molecule has 0 radical (unpaired) electrons. The lowest BCUT2D eigenvalue weighted by Gasteiger charge is -2.12. The number of amides is 1. The smallest absolute Gasteiger partial charge is 0.328 e. The molecule has 0 heterocycles. The van der Waals surface area contributed by atoms with Crippen molar-refractivity contribution in [3.63, 3.8) is 0 Å². The van der Waals surface area contributed by atoms with Crippen LogP contribution in [0.15, 0.2) is 29.2 Å². The number of primary amides is 1. The molecule has 0 aromatic heterocycles. The third-order valence-electron chi connectivity index (χ3n) is 2.72. The van der Waals surface area contributed by atoms with Gasteiger partial charge in [0.25, 0.3) is 0 Å². The van der Waals surface area contributed by atoms with Crippen molar-refractivity contribution in [2.45, 2.75) is 24.8 Å². The number of carboxylic acids is 1. The SMILES string of the molecule is Cc1cc(S(=O)(=O)NC(C)C(N)=O)ccc1C=CC(=O)O. The Bertz CT molecular complexity index is 695. The molecule has 0 aliphatic carbocycles. The molecule has 1 rings (SSSR count). The van der Waals surface area contributed by atoms with Gasteiger partial charge in [-0.05, 0) is 43.2 Å². The maximum atomic E-state index is 12.0. The van der Waals surface area contributed by atoms with E-state index >= 15 is 0 Å². The standard InChI is InChI=1S/C13H16N2O5S/c1-8-7-11(5-3-10(8)4-6-12(16)17)21(19,20)15-9(2)13(14)18/h3-7,9,15H,1-2H3,(H2,14,18)(H,16,17). The molecule has 1 aromatic carbocycles.